The fourth-order valence-electron chi connectivity index (χ4n) is 2.93. The van der Waals surface area contributed by atoms with Crippen molar-refractivity contribution in [2.24, 2.45) is 0 Å². The molecule has 2 aromatic rings. The van der Waals surface area contributed by atoms with Crippen molar-refractivity contribution in [3.05, 3.63) is 77.9 Å². The first-order chi connectivity index (χ1) is 12.3. The largest absolute Gasteiger partial charge is 1.00 e. The van der Waals surface area contributed by atoms with Crippen LogP contribution in [0.15, 0.2) is 66.7 Å². The van der Waals surface area contributed by atoms with E-state index >= 15 is 0 Å². The number of morpholine rings is 1. The van der Waals surface area contributed by atoms with E-state index < -0.39 is 0 Å². The van der Waals surface area contributed by atoms with E-state index in [4.69, 9.17) is 9.47 Å². The normalized spacial score (nSPS) is 16.0. The number of carbonyl (C=O) groups is 1. The maximum Gasteiger partial charge on any atom is 0.331 e. The first-order valence-corrected chi connectivity index (χ1v) is 8.71. The number of carbonyl (C=O) groups excluding carboxylic acids is 1. The lowest BCUT2D eigenvalue weighted by atomic mass is 10.1. The van der Waals surface area contributed by atoms with Gasteiger partial charge in [0.25, 0.3) is 0 Å². The first kappa shape index (κ1) is 20.2. The third kappa shape index (κ3) is 6.30. The highest BCUT2D eigenvalue weighted by Gasteiger charge is 2.23. The smallest absolute Gasteiger partial charge is 0.331 e. The number of ether oxygens (including phenoxy) is 2. The van der Waals surface area contributed by atoms with Crippen LogP contribution in [-0.2, 0) is 14.3 Å². The Bertz CT molecular complexity index is 685. The van der Waals surface area contributed by atoms with E-state index in [1.807, 2.05) is 60.7 Å². The Morgan fingerprint density at radius 2 is 1.65 bits per heavy atom. The minimum atomic E-state index is -0.314. The lowest BCUT2D eigenvalue weighted by Crippen LogP contribution is -3.14. The van der Waals surface area contributed by atoms with Crippen LogP contribution in [0.1, 0.15) is 17.2 Å². The van der Waals surface area contributed by atoms with Gasteiger partial charge in [0.1, 0.15) is 19.6 Å². The van der Waals surface area contributed by atoms with Gasteiger partial charge in [-0.1, -0.05) is 60.7 Å². The van der Waals surface area contributed by atoms with E-state index in [0.717, 1.165) is 44.0 Å². The van der Waals surface area contributed by atoms with Crippen molar-refractivity contribution in [2.75, 3.05) is 32.8 Å². The zero-order valence-corrected chi connectivity index (χ0v) is 15.4. The van der Waals surface area contributed by atoms with E-state index in [0.29, 0.717) is 0 Å². The van der Waals surface area contributed by atoms with Crippen LogP contribution in [-0.4, -0.2) is 38.8 Å². The second-order valence-electron chi connectivity index (χ2n) is 6.15. The van der Waals surface area contributed by atoms with Gasteiger partial charge in [-0.3, -0.25) is 0 Å². The number of nitrogens with one attached hydrogen (secondary N) is 1. The number of benzene rings is 2. The molecule has 0 saturated carbocycles. The summed E-state index contributed by atoms with van der Waals surface area (Å²) < 4.78 is 11.2. The van der Waals surface area contributed by atoms with Crippen molar-refractivity contribution in [2.45, 2.75) is 6.10 Å². The molecule has 1 unspecified atom stereocenters. The number of hydrogen-bond acceptors (Lipinski definition) is 3. The number of quaternary nitrogens is 1. The summed E-state index contributed by atoms with van der Waals surface area (Å²) >= 11 is 0. The third-order valence-corrected chi connectivity index (χ3v) is 4.32. The van der Waals surface area contributed by atoms with E-state index in [-0.39, 0.29) is 24.5 Å². The maximum absolute atomic E-state index is 12.3. The van der Waals surface area contributed by atoms with Gasteiger partial charge in [-0.05, 0) is 17.2 Å². The summed E-state index contributed by atoms with van der Waals surface area (Å²) in [5.41, 5.74) is 2.01. The molecule has 0 amide bonds. The van der Waals surface area contributed by atoms with Gasteiger partial charge < -0.3 is 26.8 Å². The molecule has 1 N–H and O–H groups in total. The molecule has 5 heteroatoms. The minimum absolute atomic E-state index is 0. The molecular formula is C21H24ClNO3. The van der Waals surface area contributed by atoms with Crippen LogP contribution >= 0.6 is 0 Å². The summed E-state index contributed by atoms with van der Waals surface area (Å²) in [6, 6.07) is 19.7. The molecule has 0 aliphatic carbocycles. The van der Waals surface area contributed by atoms with Gasteiger partial charge in [0, 0.05) is 6.08 Å². The second-order valence-corrected chi connectivity index (χ2v) is 6.15. The SMILES string of the molecule is O=C(/C=C/c1ccccc1)OC(C[NH+]1CCOCC1)c1ccccc1.[Cl-]. The Morgan fingerprint density at radius 1 is 1.04 bits per heavy atom. The van der Waals surface area contributed by atoms with Gasteiger partial charge in [-0.15, -0.1) is 0 Å². The number of rotatable bonds is 6. The maximum atomic E-state index is 12.3. The summed E-state index contributed by atoms with van der Waals surface area (Å²) in [6.07, 6.45) is 3.04. The zero-order chi connectivity index (χ0) is 17.3. The predicted octanol–water partition coefficient (Wildman–Crippen LogP) is -1.10. The van der Waals surface area contributed by atoms with Crippen LogP contribution in [0.4, 0.5) is 0 Å². The molecule has 0 aromatic heterocycles. The molecule has 1 aliphatic rings. The second kappa shape index (κ2) is 10.8. The highest BCUT2D eigenvalue weighted by Crippen LogP contribution is 2.16. The van der Waals surface area contributed by atoms with E-state index in [1.165, 1.54) is 11.0 Å². The average molecular weight is 374 g/mol. The van der Waals surface area contributed by atoms with Gasteiger partial charge in [-0.2, -0.15) is 0 Å². The Morgan fingerprint density at radius 3 is 2.31 bits per heavy atom. The molecule has 26 heavy (non-hydrogen) atoms. The van der Waals surface area contributed by atoms with Crippen LogP contribution in [0.3, 0.4) is 0 Å². The molecule has 138 valence electrons. The van der Waals surface area contributed by atoms with Gasteiger partial charge in [-0.25, -0.2) is 4.79 Å². The molecule has 3 rings (SSSR count). The molecule has 0 radical (unpaired) electrons. The Balaban J connectivity index is 0.00000243. The quantitative estimate of drug-likeness (QED) is 0.516. The highest BCUT2D eigenvalue weighted by molar-refractivity contribution is 5.87. The van der Waals surface area contributed by atoms with Crippen LogP contribution < -0.4 is 17.3 Å². The van der Waals surface area contributed by atoms with E-state index in [2.05, 4.69) is 0 Å². The van der Waals surface area contributed by atoms with Gasteiger partial charge in [0.2, 0.25) is 0 Å². The van der Waals surface area contributed by atoms with E-state index in [9.17, 15) is 4.79 Å². The summed E-state index contributed by atoms with van der Waals surface area (Å²) in [7, 11) is 0. The topological polar surface area (TPSA) is 40.0 Å². The van der Waals surface area contributed by atoms with Crippen molar-refractivity contribution in [1.82, 2.24) is 0 Å². The molecule has 4 nitrogen and oxygen atoms in total. The standard InChI is InChI=1S/C21H23NO3.ClH/c23-21(12-11-18-7-3-1-4-8-18)25-20(19-9-5-2-6-10-19)17-22-13-15-24-16-14-22;/h1-12,20H,13-17H2;1H/b12-11+;. The molecule has 1 atom stereocenters. The van der Waals surface area contributed by atoms with Crippen molar-refractivity contribution < 1.29 is 31.6 Å². The van der Waals surface area contributed by atoms with Crippen LogP contribution in [0.25, 0.3) is 6.08 Å². The van der Waals surface area contributed by atoms with Crippen LogP contribution in [0.2, 0.25) is 0 Å². The van der Waals surface area contributed by atoms with Crippen LogP contribution in [0, 0.1) is 0 Å². The molecule has 0 spiro atoms. The van der Waals surface area contributed by atoms with Crippen molar-refractivity contribution >= 4 is 12.0 Å². The van der Waals surface area contributed by atoms with Gasteiger partial charge >= 0.3 is 5.97 Å². The lowest BCUT2D eigenvalue weighted by molar-refractivity contribution is -0.911. The Kier molecular flexibility index (Phi) is 8.35. The molecule has 2 aromatic carbocycles. The first-order valence-electron chi connectivity index (χ1n) is 8.71. The molecule has 1 fully saturated rings. The average Bonchev–Trinajstić information content (AvgIpc) is 2.68. The monoisotopic (exact) mass is 373 g/mol. The fourth-order valence-corrected chi connectivity index (χ4v) is 2.93. The molecular weight excluding hydrogens is 350 g/mol. The third-order valence-electron chi connectivity index (χ3n) is 4.32. The Labute approximate surface area is 160 Å². The summed E-state index contributed by atoms with van der Waals surface area (Å²) in [5.74, 6) is -0.314. The van der Waals surface area contributed by atoms with Crippen LogP contribution in [0.5, 0.6) is 0 Å². The zero-order valence-electron chi connectivity index (χ0n) is 14.6. The van der Waals surface area contributed by atoms with Gasteiger partial charge in [0.15, 0.2) is 6.10 Å². The number of hydrogen-bond donors (Lipinski definition) is 1. The Hall–Kier alpha value is -2.14. The van der Waals surface area contributed by atoms with Crippen molar-refractivity contribution in [3.8, 4) is 0 Å². The number of halogens is 1. The summed E-state index contributed by atoms with van der Waals surface area (Å²) in [6.45, 7) is 4.18. The molecule has 1 aliphatic heterocycles. The summed E-state index contributed by atoms with van der Waals surface area (Å²) in [4.78, 5) is 13.7. The fraction of sp³-hybridized carbons (Fsp3) is 0.286. The summed E-state index contributed by atoms with van der Waals surface area (Å²) in [5, 5.41) is 0. The highest BCUT2D eigenvalue weighted by atomic mass is 35.5. The van der Waals surface area contributed by atoms with Gasteiger partial charge in [0.05, 0.1) is 13.2 Å². The molecule has 1 saturated heterocycles. The van der Waals surface area contributed by atoms with Crippen molar-refractivity contribution in [3.63, 3.8) is 0 Å². The molecule has 0 bridgehead atoms. The molecule has 1 heterocycles. The number of esters is 1. The lowest BCUT2D eigenvalue weighted by Gasteiger charge is -2.27. The van der Waals surface area contributed by atoms with E-state index in [1.54, 1.807) is 6.08 Å². The minimum Gasteiger partial charge on any atom is -1.00 e. The predicted molar refractivity (Wildman–Crippen MR) is 97.1 cm³/mol. The van der Waals surface area contributed by atoms with Crippen molar-refractivity contribution in [1.29, 1.82) is 0 Å².